The Morgan fingerprint density at radius 3 is 2.58 bits per heavy atom. The predicted molar refractivity (Wildman–Crippen MR) is 86.9 cm³/mol. The van der Waals surface area contributed by atoms with Crippen molar-refractivity contribution < 1.29 is 14.9 Å². The van der Waals surface area contributed by atoms with Crippen molar-refractivity contribution in [2.24, 2.45) is 0 Å². The maximum atomic E-state index is 12.7. The fraction of sp³-hybridized carbons (Fsp3) is 0.412. The Labute approximate surface area is 138 Å². The van der Waals surface area contributed by atoms with Crippen molar-refractivity contribution in [3.05, 3.63) is 68.5 Å². The summed E-state index contributed by atoms with van der Waals surface area (Å²) in [6, 6.07) is 9.24. The lowest BCUT2D eigenvalue weighted by Gasteiger charge is -2.17. The van der Waals surface area contributed by atoms with Gasteiger partial charge in [0.1, 0.15) is 12.3 Å². The first-order valence-corrected chi connectivity index (χ1v) is 7.82. The molecule has 2 N–H and O–H groups in total. The summed E-state index contributed by atoms with van der Waals surface area (Å²) in [6.07, 6.45) is -0.637. The Kier molecular flexibility index (Phi) is 4.66. The Balaban J connectivity index is 2.01. The number of ether oxygens (including phenoxy) is 1. The highest BCUT2D eigenvalue weighted by atomic mass is 16.5. The maximum absolute atomic E-state index is 12.7. The van der Waals surface area contributed by atoms with Crippen LogP contribution in [0.25, 0.3) is 0 Å². The van der Waals surface area contributed by atoms with Crippen LogP contribution in [0.3, 0.4) is 0 Å². The van der Waals surface area contributed by atoms with Crippen LogP contribution >= 0.6 is 0 Å². The van der Waals surface area contributed by atoms with Gasteiger partial charge in [0.25, 0.3) is 5.56 Å². The molecule has 7 nitrogen and oxygen atoms in total. The summed E-state index contributed by atoms with van der Waals surface area (Å²) in [5, 5.41) is 19.1. The fourth-order valence-electron chi connectivity index (χ4n) is 2.92. The lowest BCUT2D eigenvalue weighted by molar-refractivity contribution is -0.0463. The molecule has 2 heterocycles. The van der Waals surface area contributed by atoms with Crippen molar-refractivity contribution in [3.8, 4) is 0 Å². The third-order valence-electron chi connectivity index (χ3n) is 4.24. The number of nitrogens with zero attached hydrogens (tertiary/aromatic N) is 2. The molecule has 0 saturated carbocycles. The number of aryl methyl sites for hydroxylation is 1. The first-order valence-electron chi connectivity index (χ1n) is 7.82. The van der Waals surface area contributed by atoms with Crippen LogP contribution in [0, 0.1) is 6.92 Å². The Morgan fingerprint density at radius 2 is 1.96 bits per heavy atom. The normalized spacial score (nSPS) is 23.5. The highest BCUT2D eigenvalue weighted by Gasteiger charge is 2.35. The van der Waals surface area contributed by atoms with Crippen LogP contribution in [-0.4, -0.2) is 38.2 Å². The van der Waals surface area contributed by atoms with Gasteiger partial charge >= 0.3 is 5.69 Å². The number of aliphatic hydroxyl groups excluding tert-OH is 2. The summed E-state index contributed by atoms with van der Waals surface area (Å²) in [5.74, 6) is 0. The number of hydrogen-bond acceptors (Lipinski definition) is 5. The molecule has 1 fully saturated rings. The molecule has 7 heteroatoms. The second kappa shape index (κ2) is 6.72. The van der Waals surface area contributed by atoms with Gasteiger partial charge in [-0.15, -0.1) is 0 Å². The Morgan fingerprint density at radius 1 is 1.25 bits per heavy atom. The SMILES string of the molecule is Cc1cn([C@H]2C[C@H](O)[C@H](CO)O2)c(=O)n(Cc2ccccc2)c1=O. The largest absolute Gasteiger partial charge is 0.394 e. The summed E-state index contributed by atoms with van der Waals surface area (Å²) in [7, 11) is 0. The van der Waals surface area contributed by atoms with Crippen LogP contribution in [0.1, 0.15) is 23.8 Å². The fourth-order valence-corrected chi connectivity index (χ4v) is 2.92. The average Bonchev–Trinajstić information content (AvgIpc) is 2.96. The lowest BCUT2D eigenvalue weighted by atomic mass is 10.2. The van der Waals surface area contributed by atoms with Gasteiger partial charge in [0, 0.05) is 18.2 Å². The van der Waals surface area contributed by atoms with Crippen LogP contribution in [0.4, 0.5) is 0 Å². The molecule has 2 aromatic rings. The van der Waals surface area contributed by atoms with Gasteiger partial charge in [-0.1, -0.05) is 30.3 Å². The lowest BCUT2D eigenvalue weighted by Crippen LogP contribution is -2.42. The van der Waals surface area contributed by atoms with Crippen LogP contribution in [0.5, 0.6) is 0 Å². The van der Waals surface area contributed by atoms with Gasteiger partial charge < -0.3 is 14.9 Å². The van der Waals surface area contributed by atoms with Gasteiger partial charge in [-0.05, 0) is 12.5 Å². The monoisotopic (exact) mass is 332 g/mol. The van der Waals surface area contributed by atoms with Crippen molar-refractivity contribution in [3.63, 3.8) is 0 Å². The third kappa shape index (κ3) is 3.06. The molecule has 3 rings (SSSR count). The molecule has 0 aliphatic carbocycles. The van der Waals surface area contributed by atoms with Crippen LogP contribution in [0.2, 0.25) is 0 Å². The third-order valence-corrected chi connectivity index (χ3v) is 4.24. The van der Waals surface area contributed by atoms with Crippen LogP contribution < -0.4 is 11.2 Å². The van der Waals surface area contributed by atoms with E-state index in [0.717, 1.165) is 10.1 Å². The minimum Gasteiger partial charge on any atom is -0.394 e. The topological polar surface area (TPSA) is 93.7 Å². The van der Waals surface area contributed by atoms with E-state index in [2.05, 4.69) is 0 Å². The van der Waals surface area contributed by atoms with Crippen molar-refractivity contribution in [2.45, 2.75) is 38.3 Å². The van der Waals surface area contributed by atoms with E-state index in [1.807, 2.05) is 30.3 Å². The molecule has 3 atom stereocenters. The summed E-state index contributed by atoms with van der Waals surface area (Å²) >= 11 is 0. The van der Waals surface area contributed by atoms with E-state index < -0.39 is 24.1 Å². The van der Waals surface area contributed by atoms with Gasteiger partial charge in [-0.25, -0.2) is 4.79 Å². The predicted octanol–water partition coefficient (Wildman–Crippen LogP) is 0.00742. The van der Waals surface area contributed by atoms with Crippen molar-refractivity contribution in [1.82, 2.24) is 9.13 Å². The molecule has 0 unspecified atom stereocenters. The first kappa shape index (κ1) is 16.6. The van der Waals surface area contributed by atoms with Gasteiger partial charge in [0.2, 0.25) is 0 Å². The molecule has 0 amide bonds. The zero-order valence-electron chi connectivity index (χ0n) is 13.3. The number of hydrogen-bond donors (Lipinski definition) is 2. The van der Waals surface area contributed by atoms with E-state index in [1.165, 1.54) is 10.8 Å². The zero-order chi connectivity index (χ0) is 17.3. The summed E-state index contributed by atoms with van der Waals surface area (Å²) < 4.78 is 8.01. The van der Waals surface area contributed by atoms with Gasteiger partial charge in [-0.2, -0.15) is 0 Å². The number of aromatic nitrogens is 2. The second-order valence-electron chi connectivity index (χ2n) is 5.99. The number of rotatable bonds is 4. The maximum Gasteiger partial charge on any atom is 0.333 e. The molecular formula is C17H20N2O5. The molecule has 0 spiro atoms. The zero-order valence-corrected chi connectivity index (χ0v) is 13.3. The van der Waals surface area contributed by atoms with Crippen molar-refractivity contribution >= 4 is 0 Å². The molecule has 128 valence electrons. The molecule has 0 bridgehead atoms. The van der Waals surface area contributed by atoms with E-state index in [9.17, 15) is 19.8 Å². The molecule has 1 aromatic heterocycles. The van der Waals surface area contributed by atoms with E-state index in [1.54, 1.807) is 6.92 Å². The summed E-state index contributed by atoms with van der Waals surface area (Å²) in [5.41, 5.74) is 0.410. The highest BCUT2D eigenvalue weighted by molar-refractivity contribution is 5.16. The van der Waals surface area contributed by atoms with E-state index in [0.29, 0.717) is 5.56 Å². The second-order valence-corrected chi connectivity index (χ2v) is 5.99. The average molecular weight is 332 g/mol. The standard InChI is InChI=1S/C17H20N2O5/c1-11-8-18(15-7-13(21)14(10-20)24-15)17(23)19(16(11)22)9-12-5-3-2-4-6-12/h2-6,8,13-15,20-21H,7,9-10H2,1H3/t13-,14-,15+/m0/s1. The molecule has 24 heavy (non-hydrogen) atoms. The summed E-state index contributed by atoms with van der Waals surface area (Å²) in [6.45, 7) is 1.47. The number of aliphatic hydroxyl groups is 2. The smallest absolute Gasteiger partial charge is 0.333 e. The van der Waals surface area contributed by atoms with Gasteiger partial charge in [-0.3, -0.25) is 13.9 Å². The number of benzene rings is 1. The van der Waals surface area contributed by atoms with Gasteiger partial charge in [0.15, 0.2) is 0 Å². The van der Waals surface area contributed by atoms with Crippen molar-refractivity contribution in [2.75, 3.05) is 6.61 Å². The van der Waals surface area contributed by atoms with E-state index in [4.69, 9.17) is 4.74 Å². The quantitative estimate of drug-likeness (QED) is 0.822. The Hall–Kier alpha value is -2.22. The molecule has 1 aliphatic rings. The molecule has 1 aliphatic heterocycles. The molecule has 1 saturated heterocycles. The minimum absolute atomic E-state index is 0.166. The van der Waals surface area contributed by atoms with E-state index >= 15 is 0 Å². The highest BCUT2D eigenvalue weighted by Crippen LogP contribution is 2.27. The molecule has 0 radical (unpaired) electrons. The Bertz CT molecular complexity index is 827. The minimum atomic E-state index is -0.846. The van der Waals surface area contributed by atoms with Crippen LogP contribution in [0.15, 0.2) is 46.1 Å². The summed E-state index contributed by atoms with van der Waals surface area (Å²) in [4.78, 5) is 25.1. The molecule has 1 aromatic carbocycles. The van der Waals surface area contributed by atoms with Crippen LogP contribution in [-0.2, 0) is 11.3 Å². The van der Waals surface area contributed by atoms with E-state index in [-0.39, 0.29) is 25.1 Å². The first-order chi connectivity index (χ1) is 11.5. The molecular weight excluding hydrogens is 312 g/mol. The van der Waals surface area contributed by atoms with Crippen molar-refractivity contribution in [1.29, 1.82) is 0 Å². The van der Waals surface area contributed by atoms with Gasteiger partial charge in [0.05, 0.1) is 19.3 Å².